The fourth-order valence-corrected chi connectivity index (χ4v) is 4.23. The zero-order chi connectivity index (χ0) is 19.5. The lowest BCUT2D eigenvalue weighted by Gasteiger charge is -2.34. The number of aromatic nitrogens is 2. The highest BCUT2D eigenvalue weighted by Crippen LogP contribution is 2.28. The van der Waals surface area contributed by atoms with Crippen molar-refractivity contribution in [3.8, 4) is 0 Å². The van der Waals surface area contributed by atoms with Gasteiger partial charge in [0.15, 0.2) is 0 Å². The van der Waals surface area contributed by atoms with E-state index in [0.29, 0.717) is 17.3 Å². The van der Waals surface area contributed by atoms with Crippen LogP contribution < -0.4 is 0 Å². The molecule has 1 saturated carbocycles. The normalized spacial score (nSPS) is 14.9. The molecular weight excluding hydrogens is 370 g/mol. The lowest BCUT2D eigenvalue weighted by Crippen LogP contribution is -2.41. The van der Waals surface area contributed by atoms with Crippen LogP contribution in [0.15, 0.2) is 48.8 Å². The van der Waals surface area contributed by atoms with Crippen LogP contribution in [0.5, 0.6) is 0 Å². The van der Waals surface area contributed by atoms with Crippen LogP contribution in [0, 0.1) is 6.92 Å². The van der Waals surface area contributed by atoms with Crippen molar-refractivity contribution in [3.05, 3.63) is 70.6 Å². The van der Waals surface area contributed by atoms with Crippen LogP contribution in [0.3, 0.4) is 0 Å². The summed E-state index contributed by atoms with van der Waals surface area (Å²) in [5.74, 6) is 0.0143. The monoisotopic (exact) mass is 393 g/mol. The summed E-state index contributed by atoms with van der Waals surface area (Å²) in [6.45, 7) is 2.53. The molecule has 2 heterocycles. The van der Waals surface area contributed by atoms with Crippen LogP contribution in [0.2, 0.25) is 5.15 Å². The van der Waals surface area contributed by atoms with E-state index in [1.165, 1.54) is 12.0 Å². The smallest absolute Gasteiger partial charge is 0.255 e. The van der Waals surface area contributed by atoms with Crippen LogP contribution in [0.1, 0.15) is 53.6 Å². The van der Waals surface area contributed by atoms with Gasteiger partial charge in [-0.15, -0.1) is 0 Å². The van der Waals surface area contributed by atoms with Gasteiger partial charge < -0.3 is 4.90 Å². The van der Waals surface area contributed by atoms with Crippen LogP contribution in [-0.4, -0.2) is 26.8 Å². The van der Waals surface area contributed by atoms with Crippen LogP contribution in [-0.2, 0) is 6.54 Å². The van der Waals surface area contributed by atoms with Gasteiger partial charge in [-0.2, -0.15) is 0 Å². The molecule has 0 unspecified atom stereocenters. The molecule has 1 aliphatic rings. The van der Waals surface area contributed by atoms with E-state index >= 15 is 0 Å². The molecule has 0 saturated heterocycles. The third-order valence-corrected chi connectivity index (χ3v) is 5.85. The quantitative estimate of drug-likeness (QED) is 0.544. The maximum atomic E-state index is 13.3. The van der Waals surface area contributed by atoms with E-state index < -0.39 is 0 Å². The standard InChI is InChI=1S/C23H24ClN3O/c1-16-9-10-21-18(12-16)13-19(22(24)26-21)15-27(20-7-3-2-4-8-20)23(28)17-6-5-11-25-14-17/h5-6,9-14,20H,2-4,7-8,15H2,1H3. The van der Waals surface area contributed by atoms with Gasteiger partial charge in [-0.3, -0.25) is 9.78 Å². The number of aryl methyl sites for hydroxylation is 1. The van der Waals surface area contributed by atoms with Gasteiger partial charge in [-0.05, 0) is 50.1 Å². The number of carbonyl (C=O) groups is 1. The number of carbonyl (C=O) groups excluding carboxylic acids is 1. The molecule has 28 heavy (non-hydrogen) atoms. The zero-order valence-corrected chi connectivity index (χ0v) is 16.8. The highest BCUT2D eigenvalue weighted by atomic mass is 35.5. The molecule has 3 aromatic rings. The molecule has 1 aromatic carbocycles. The SMILES string of the molecule is Cc1ccc2nc(Cl)c(CN(C(=O)c3cccnc3)C3CCCCC3)cc2c1. The van der Waals surface area contributed by atoms with Gasteiger partial charge in [-0.1, -0.05) is 42.5 Å². The maximum Gasteiger partial charge on any atom is 0.255 e. The second-order valence-corrected chi connectivity index (χ2v) is 7.96. The molecule has 0 spiro atoms. The van der Waals surface area contributed by atoms with E-state index in [2.05, 4.69) is 29.0 Å². The second kappa shape index (κ2) is 8.27. The largest absolute Gasteiger partial charge is 0.331 e. The molecule has 4 nitrogen and oxygen atoms in total. The Balaban J connectivity index is 1.69. The summed E-state index contributed by atoms with van der Waals surface area (Å²) in [6.07, 6.45) is 8.95. The number of nitrogens with zero attached hydrogens (tertiary/aromatic N) is 3. The van der Waals surface area contributed by atoms with Gasteiger partial charge in [0.1, 0.15) is 5.15 Å². The molecule has 0 bridgehead atoms. The Hall–Kier alpha value is -2.46. The van der Waals surface area contributed by atoms with Gasteiger partial charge in [0.2, 0.25) is 0 Å². The fourth-order valence-electron chi connectivity index (χ4n) is 4.03. The van der Waals surface area contributed by atoms with Crippen molar-refractivity contribution in [3.63, 3.8) is 0 Å². The van der Waals surface area contributed by atoms with Crippen molar-refractivity contribution in [2.75, 3.05) is 0 Å². The third-order valence-electron chi connectivity index (χ3n) is 5.52. The van der Waals surface area contributed by atoms with Gasteiger partial charge in [0, 0.05) is 35.9 Å². The second-order valence-electron chi connectivity index (χ2n) is 7.60. The van der Waals surface area contributed by atoms with Crippen molar-refractivity contribution in [1.29, 1.82) is 0 Å². The van der Waals surface area contributed by atoms with E-state index in [1.54, 1.807) is 18.5 Å². The molecule has 1 aliphatic carbocycles. The molecule has 0 radical (unpaired) electrons. The summed E-state index contributed by atoms with van der Waals surface area (Å²) in [6, 6.07) is 12.1. The zero-order valence-electron chi connectivity index (χ0n) is 16.1. The minimum Gasteiger partial charge on any atom is -0.331 e. The fraction of sp³-hybridized carbons (Fsp3) is 0.348. The molecule has 0 N–H and O–H groups in total. The van der Waals surface area contributed by atoms with E-state index in [4.69, 9.17) is 11.6 Å². The summed E-state index contributed by atoms with van der Waals surface area (Å²) in [7, 11) is 0. The minimum absolute atomic E-state index is 0.0143. The topological polar surface area (TPSA) is 46.1 Å². The van der Waals surface area contributed by atoms with Crippen LogP contribution in [0.25, 0.3) is 10.9 Å². The first-order valence-electron chi connectivity index (χ1n) is 9.88. The van der Waals surface area contributed by atoms with E-state index in [-0.39, 0.29) is 11.9 Å². The number of amides is 1. The maximum absolute atomic E-state index is 13.3. The average molecular weight is 394 g/mol. The van der Waals surface area contributed by atoms with Crippen molar-refractivity contribution < 1.29 is 4.79 Å². The molecule has 2 aromatic heterocycles. The number of pyridine rings is 2. The molecular formula is C23H24ClN3O. The number of benzene rings is 1. The number of hydrogen-bond acceptors (Lipinski definition) is 3. The van der Waals surface area contributed by atoms with E-state index in [9.17, 15) is 4.79 Å². The Morgan fingerprint density at radius 3 is 2.75 bits per heavy atom. The Kier molecular flexibility index (Phi) is 5.58. The number of hydrogen-bond donors (Lipinski definition) is 0. The first kappa shape index (κ1) is 18.9. The van der Waals surface area contributed by atoms with Crippen molar-refractivity contribution in [2.24, 2.45) is 0 Å². The summed E-state index contributed by atoms with van der Waals surface area (Å²) in [4.78, 5) is 24.0. The lowest BCUT2D eigenvalue weighted by atomic mass is 9.93. The van der Waals surface area contributed by atoms with Crippen molar-refractivity contribution in [2.45, 2.75) is 51.6 Å². The van der Waals surface area contributed by atoms with Gasteiger partial charge in [-0.25, -0.2) is 4.98 Å². The highest BCUT2D eigenvalue weighted by Gasteiger charge is 2.27. The Morgan fingerprint density at radius 2 is 2.00 bits per heavy atom. The molecule has 0 atom stereocenters. The van der Waals surface area contributed by atoms with Gasteiger partial charge in [0.25, 0.3) is 5.91 Å². The summed E-state index contributed by atoms with van der Waals surface area (Å²) < 4.78 is 0. The Bertz CT molecular complexity index is 984. The van der Waals surface area contributed by atoms with E-state index in [0.717, 1.165) is 42.1 Å². The lowest BCUT2D eigenvalue weighted by molar-refractivity contribution is 0.0614. The third kappa shape index (κ3) is 4.02. The number of rotatable bonds is 4. The van der Waals surface area contributed by atoms with E-state index in [1.807, 2.05) is 23.1 Å². The summed E-state index contributed by atoms with van der Waals surface area (Å²) >= 11 is 6.52. The Labute approximate surface area is 170 Å². The van der Waals surface area contributed by atoms with Gasteiger partial charge in [0.05, 0.1) is 11.1 Å². The number of fused-ring (bicyclic) bond motifs is 1. The molecule has 0 aliphatic heterocycles. The molecule has 4 rings (SSSR count). The van der Waals surface area contributed by atoms with Gasteiger partial charge >= 0.3 is 0 Å². The van der Waals surface area contributed by atoms with Crippen molar-refractivity contribution >= 4 is 28.4 Å². The minimum atomic E-state index is 0.0143. The molecule has 5 heteroatoms. The average Bonchev–Trinajstić information content (AvgIpc) is 2.73. The van der Waals surface area contributed by atoms with Crippen molar-refractivity contribution in [1.82, 2.24) is 14.9 Å². The van der Waals surface area contributed by atoms with Crippen LogP contribution >= 0.6 is 11.6 Å². The highest BCUT2D eigenvalue weighted by molar-refractivity contribution is 6.30. The molecule has 1 fully saturated rings. The predicted octanol–water partition coefficient (Wildman–Crippen LogP) is 5.57. The first-order valence-corrected chi connectivity index (χ1v) is 10.3. The number of halogens is 1. The Morgan fingerprint density at radius 1 is 1.18 bits per heavy atom. The molecule has 1 amide bonds. The first-order chi connectivity index (χ1) is 13.6. The summed E-state index contributed by atoms with van der Waals surface area (Å²) in [5, 5.41) is 1.52. The summed E-state index contributed by atoms with van der Waals surface area (Å²) in [5.41, 5.74) is 3.57. The van der Waals surface area contributed by atoms with Crippen LogP contribution in [0.4, 0.5) is 0 Å². The molecule has 144 valence electrons. The predicted molar refractivity (Wildman–Crippen MR) is 112 cm³/mol.